The Kier molecular flexibility index (Phi) is 5.54. The lowest BCUT2D eigenvalue weighted by Crippen LogP contribution is -2.29. The van der Waals surface area contributed by atoms with Crippen LogP contribution in [0.1, 0.15) is 18.8 Å². The van der Waals surface area contributed by atoms with Crippen molar-refractivity contribution in [1.29, 1.82) is 0 Å². The summed E-state index contributed by atoms with van der Waals surface area (Å²) < 4.78 is 37.4. The first-order valence-electron chi connectivity index (χ1n) is 6.86. The van der Waals surface area contributed by atoms with E-state index in [0.29, 0.717) is 11.4 Å². The molecule has 0 aliphatic carbocycles. The molecule has 0 saturated carbocycles. The summed E-state index contributed by atoms with van der Waals surface area (Å²) in [5.74, 6) is 0.316. The predicted octanol–water partition coefficient (Wildman–Crippen LogP) is 1.90. The van der Waals surface area contributed by atoms with E-state index in [0.717, 1.165) is 0 Å². The van der Waals surface area contributed by atoms with E-state index >= 15 is 0 Å². The number of amides is 1. The maximum absolute atomic E-state index is 12.3. The van der Waals surface area contributed by atoms with Gasteiger partial charge in [-0.05, 0) is 36.4 Å². The quantitative estimate of drug-likeness (QED) is 0.803. The predicted molar refractivity (Wildman–Crippen MR) is 84.4 cm³/mol. The lowest BCUT2D eigenvalue weighted by molar-refractivity contribution is -0.114. The van der Waals surface area contributed by atoms with Gasteiger partial charge >= 0.3 is 0 Å². The summed E-state index contributed by atoms with van der Waals surface area (Å²) in [6.07, 6.45) is 0.981. The number of benzene rings is 1. The zero-order valence-electron chi connectivity index (χ0n) is 12.8. The van der Waals surface area contributed by atoms with Gasteiger partial charge in [0.2, 0.25) is 15.9 Å². The second-order valence-electron chi connectivity index (χ2n) is 4.80. The monoisotopic (exact) mass is 338 g/mol. The van der Waals surface area contributed by atoms with Crippen LogP contribution in [-0.2, 0) is 19.6 Å². The van der Waals surface area contributed by atoms with E-state index in [1.54, 1.807) is 12.1 Å². The molecule has 0 aliphatic rings. The minimum atomic E-state index is -3.69. The van der Waals surface area contributed by atoms with Crippen molar-refractivity contribution in [2.45, 2.75) is 17.9 Å². The first-order valence-corrected chi connectivity index (χ1v) is 8.34. The summed E-state index contributed by atoms with van der Waals surface area (Å²) >= 11 is 0. The van der Waals surface area contributed by atoms with Crippen molar-refractivity contribution in [1.82, 2.24) is 4.72 Å². The molecule has 0 spiro atoms. The number of hydrogen-bond acceptors (Lipinski definition) is 5. The van der Waals surface area contributed by atoms with Crippen molar-refractivity contribution in [3.05, 3.63) is 48.4 Å². The molecule has 23 heavy (non-hydrogen) atoms. The molecule has 2 aromatic rings. The van der Waals surface area contributed by atoms with Crippen LogP contribution in [0.25, 0.3) is 0 Å². The van der Waals surface area contributed by atoms with Crippen molar-refractivity contribution in [2.24, 2.45) is 0 Å². The molecule has 0 saturated heterocycles. The van der Waals surface area contributed by atoms with Gasteiger partial charge in [-0.25, -0.2) is 13.1 Å². The molecular weight excluding hydrogens is 320 g/mol. The largest absolute Gasteiger partial charge is 0.467 e. The van der Waals surface area contributed by atoms with E-state index in [2.05, 4.69) is 10.0 Å². The van der Waals surface area contributed by atoms with Crippen LogP contribution in [0.15, 0.2) is 52.0 Å². The SMILES string of the molecule is COC(CNS(=O)(=O)c1ccc(NC(C)=O)cc1)c1ccco1. The van der Waals surface area contributed by atoms with Crippen molar-refractivity contribution in [2.75, 3.05) is 19.0 Å². The molecule has 1 aromatic heterocycles. The van der Waals surface area contributed by atoms with E-state index in [9.17, 15) is 13.2 Å². The third kappa shape index (κ3) is 4.65. The average Bonchev–Trinajstić information content (AvgIpc) is 3.02. The number of ether oxygens (including phenoxy) is 1. The van der Waals surface area contributed by atoms with Gasteiger partial charge in [0, 0.05) is 26.3 Å². The molecular formula is C15H18N2O5S. The van der Waals surface area contributed by atoms with Crippen molar-refractivity contribution >= 4 is 21.6 Å². The van der Waals surface area contributed by atoms with E-state index in [1.165, 1.54) is 44.6 Å². The van der Waals surface area contributed by atoms with Gasteiger partial charge in [-0.3, -0.25) is 4.79 Å². The van der Waals surface area contributed by atoms with E-state index < -0.39 is 16.1 Å². The number of methoxy groups -OCH3 is 1. The molecule has 1 heterocycles. The van der Waals surface area contributed by atoms with Gasteiger partial charge in [0.05, 0.1) is 11.2 Å². The summed E-state index contributed by atoms with van der Waals surface area (Å²) in [6.45, 7) is 1.42. The van der Waals surface area contributed by atoms with Crippen LogP contribution in [0.4, 0.5) is 5.69 Å². The smallest absolute Gasteiger partial charge is 0.240 e. The zero-order chi connectivity index (χ0) is 16.9. The maximum atomic E-state index is 12.3. The highest BCUT2D eigenvalue weighted by Gasteiger charge is 2.19. The molecule has 8 heteroatoms. The number of nitrogens with one attached hydrogen (secondary N) is 2. The van der Waals surface area contributed by atoms with Gasteiger partial charge in [0.25, 0.3) is 0 Å². The molecule has 0 aliphatic heterocycles. The summed E-state index contributed by atoms with van der Waals surface area (Å²) in [7, 11) is -2.21. The van der Waals surface area contributed by atoms with E-state index in [1.807, 2.05) is 0 Å². The van der Waals surface area contributed by atoms with Gasteiger partial charge in [0.1, 0.15) is 11.9 Å². The molecule has 0 fully saturated rings. The van der Waals surface area contributed by atoms with Gasteiger partial charge in [-0.2, -0.15) is 0 Å². The van der Waals surface area contributed by atoms with Gasteiger partial charge in [-0.15, -0.1) is 0 Å². The van der Waals surface area contributed by atoms with Gasteiger partial charge in [-0.1, -0.05) is 0 Å². The molecule has 1 atom stereocenters. The van der Waals surface area contributed by atoms with Crippen LogP contribution in [-0.4, -0.2) is 28.0 Å². The summed E-state index contributed by atoms with van der Waals surface area (Å²) in [5.41, 5.74) is 0.529. The number of rotatable bonds is 7. The Morgan fingerprint density at radius 2 is 1.96 bits per heavy atom. The Morgan fingerprint density at radius 3 is 2.48 bits per heavy atom. The van der Waals surface area contributed by atoms with Crippen molar-refractivity contribution in [3.8, 4) is 0 Å². The fourth-order valence-corrected chi connectivity index (χ4v) is 3.00. The molecule has 7 nitrogen and oxygen atoms in total. The van der Waals surface area contributed by atoms with Gasteiger partial charge < -0.3 is 14.5 Å². The molecule has 0 bridgehead atoms. The van der Waals surface area contributed by atoms with E-state index in [4.69, 9.17) is 9.15 Å². The van der Waals surface area contributed by atoms with Crippen LogP contribution in [0.3, 0.4) is 0 Å². The Morgan fingerprint density at radius 1 is 1.26 bits per heavy atom. The van der Waals surface area contributed by atoms with Crippen molar-refractivity contribution in [3.63, 3.8) is 0 Å². The third-order valence-electron chi connectivity index (χ3n) is 3.09. The lowest BCUT2D eigenvalue weighted by Gasteiger charge is -2.14. The molecule has 1 amide bonds. The van der Waals surface area contributed by atoms with Crippen LogP contribution in [0, 0.1) is 0 Å². The lowest BCUT2D eigenvalue weighted by atomic mass is 10.3. The van der Waals surface area contributed by atoms with Gasteiger partial charge in [0.15, 0.2) is 0 Å². The average molecular weight is 338 g/mol. The highest BCUT2D eigenvalue weighted by atomic mass is 32.2. The van der Waals surface area contributed by atoms with Crippen LogP contribution >= 0.6 is 0 Å². The Hall–Kier alpha value is -2.16. The minimum absolute atomic E-state index is 0.0415. The Bertz CT molecular complexity index is 739. The molecule has 2 rings (SSSR count). The number of hydrogen-bond donors (Lipinski definition) is 2. The Balaban J connectivity index is 2.05. The number of sulfonamides is 1. The minimum Gasteiger partial charge on any atom is -0.467 e. The second kappa shape index (κ2) is 7.40. The van der Waals surface area contributed by atoms with Crippen LogP contribution in [0.2, 0.25) is 0 Å². The van der Waals surface area contributed by atoms with Crippen LogP contribution < -0.4 is 10.0 Å². The topological polar surface area (TPSA) is 97.6 Å². The summed E-state index contributed by atoms with van der Waals surface area (Å²) in [6, 6.07) is 9.30. The summed E-state index contributed by atoms with van der Waals surface area (Å²) in [4.78, 5) is 11.1. The molecule has 1 aromatic carbocycles. The summed E-state index contributed by atoms with van der Waals surface area (Å²) in [5, 5.41) is 2.57. The third-order valence-corrected chi connectivity index (χ3v) is 4.53. The normalized spacial score (nSPS) is 12.8. The number of carbonyl (C=O) groups is 1. The molecule has 1 unspecified atom stereocenters. The standard InChI is InChI=1S/C15H18N2O5S/c1-11(18)17-12-5-7-13(8-6-12)23(19,20)16-10-15(21-2)14-4-3-9-22-14/h3-9,15-16H,10H2,1-2H3,(H,17,18). The second-order valence-corrected chi connectivity index (χ2v) is 6.56. The number of anilines is 1. The Labute approximate surface area is 134 Å². The fourth-order valence-electron chi connectivity index (χ4n) is 1.96. The first kappa shape index (κ1) is 17.2. The van der Waals surface area contributed by atoms with Crippen LogP contribution in [0.5, 0.6) is 0 Å². The molecule has 0 radical (unpaired) electrons. The van der Waals surface area contributed by atoms with Crippen molar-refractivity contribution < 1.29 is 22.4 Å². The number of carbonyl (C=O) groups excluding carboxylic acids is 1. The maximum Gasteiger partial charge on any atom is 0.240 e. The highest BCUT2D eigenvalue weighted by Crippen LogP contribution is 2.18. The zero-order valence-corrected chi connectivity index (χ0v) is 13.6. The van der Waals surface area contributed by atoms with E-state index in [-0.39, 0.29) is 17.3 Å². The first-order chi connectivity index (χ1) is 10.9. The number of furan rings is 1. The molecule has 124 valence electrons. The fraction of sp³-hybridized carbons (Fsp3) is 0.267. The highest BCUT2D eigenvalue weighted by molar-refractivity contribution is 7.89. The molecule has 2 N–H and O–H groups in total.